The van der Waals surface area contributed by atoms with Gasteiger partial charge in [0.05, 0.1) is 12.1 Å². The van der Waals surface area contributed by atoms with E-state index in [1.807, 2.05) is 18.7 Å². The van der Waals surface area contributed by atoms with E-state index in [1.165, 1.54) is 0 Å². The van der Waals surface area contributed by atoms with Crippen molar-refractivity contribution in [3.8, 4) is 0 Å². The molecule has 0 saturated heterocycles. The predicted octanol–water partition coefficient (Wildman–Crippen LogP) is 2.97. The molecule has 1 aromatic heterocycles. The van der Waals surface area contributed by atoms with Gasteiger partial charge in [-0.2, -0.15) is 11.8 Å². The Morgan fingerprint density at radius 1 is 1.56 bits per heavy atom. The number of aliphatic carboxylic acids is 1. The van der Waals surface area contributed by atoms with E-state index >= 15 is 0 Å². The van der Waals surface area contributed by atoms with E-state index in [0.717, 1.165) is 27.8 Å². The summed E-state index contributed by atoms with van der Waals surface area (Å²) in [5.41, 5.74) is 0.951. The molecule has 0 spiro atoms. The lowest BCUT2D eigenvalue weighted by Crippen LogP contribution is -2.00. The molecule has 90 valence electrons. The topological polar surface area (TPSA) is 50.2 Å². The number of thiazole rings is 1. The predicted molar refractivity (Wildman–Crippen MR) is 69.3 cm³/mol. The molecule has 1 N–H and O–H groups in total. The van der Waals surface area contributed by atoms with Crippen LogP contribution < -0.4 is 0 Å². The summed E-state index contributed by atoms with van der Waals surface area (Å²) in [5.74, 6) is 0.107. The van der Waals surface area contributed by atoms with Crippen LogP contribution in [0.15, 0.2) is 0 Å². The Hall–Kier alpha value is -0.550. The van der Waals surface area contributed by atoms with Crippen LogP contribution >= 0.6 is 23.1 Å². The van der Waals surface area contributed by atoms with Gasteiger partial charge in [0, 0.05) is 10.6 Å². The molecule has 0 aromatic carbocycles. The van der Waals surface area contributed by atoms with Gasteiger partial charge in [0.1, 0.15) is 5.01 Å². The quantitative estimate of drug-likeness (QED) is 0.853. The third-order valence-corrected chi connectivity index (χ3v) is 4.40. The number of thioether (sulfide) groups is 1. The van der Waals surface area contributed by atoms with Crippen molar-refractivity contribution in [2.75, 3.05) is 0 Å². The van der Waals surface area contributed by atoms with E-state index in [1.54, 1.807) is 11.3 Å². The van der Waals surface area contributed by atoms with Crippen LogP contribution in [0.1, 0.15) is 36.3 Å². The number of carbonyl (C=O) groups is 1. The van der Waals surface area contributed by atoms with E-state index in [9.17, 15) is 4.79 Å². The Labute approximate surface area is 104 Å². The zero-order valence-corrected chi connectivity index (χ0v) is 11.5. The van der Waals surface area contributed by atoms with Gasteiger partial charge in [-0.05, 0) is 11.7 Å². The van der Waals surface area contributed by atoms with Crippen LogP contribution in [0.3, 0.4) is 0 Å². The molecule has 0 bridgehead atoms. The number of carboxylic acid groups (broad SMARTS) is 1. The monoisotopic (exact) mass is 259 g/mol. The van der Waals surface area contributed by atoms with E-state index in [4.69, 9.17) is 5.11 Å². The number of aromatic nitrogens is 1. The fourth-order valence-corrected chi connectivity index (χ4v) is 3.21. The average molecular weight is 259 g/mol. The first-order valence-corrected chi connectivity index (χ1v) is 7.20. The number of hydrogen-bond donors (Lipinski definition) is 1. The molecular formula is C11H17NO2S2. The van der Waals surface area contributed by atoms with Gasteiger partial charge in [0.25, 0.3) is 0 Å². The SMILES string of the molecule is CCc1nc(CSC(C)C)sc1CC(=O)O. The van der Waals surface area contributed by atoms with Gasteiger partial charge in [-0.15, -0.1) is 11.3 Å². The van der Waals surface area contributed by atoms with Crippen molar-refractivity contribution in [3.05, 3.63) is 15.6 Å². The molecule has 0 saturated carbocycles. The summed E-state index contributed by atoms with van der Waals surface area (Å²) < 4.78 is 0. The molecule has 0 aliphatic rings. The Kier molecular flexibility index (Phi) is 5.28. The maximum atomic E-state index is 10.7. The lowest BCUT2D eigenvalue weighted by Gasteiger charge is -2.00. The van der Waals surface area contributed by atoms with Crippen molar-refractivity contribution in [1.29, 1.82) is 0 Å². The number of nitrogens with zero attached hydrogens (tertiary/aromatic N) is 1. The zero-order valence-electron chi connectivity index (χ0n) is 9.82. The minimum atomic E-state index is -0.776. The van der Waals surface area contributed by atoms with Crippen LogP contribution in [0.25, 0.3) is 0 Å². The van der Waals surface area contributed by atoms with E-state index < -0.39 is 5.97 Å². The van der Waals surface area contributed by atoms with Gasteiger partial charge in [-0.3, -0.25) is 4.79 Å². The number of hydrogen-bond acceptors (Lipinski definition) is 4. The molecule has 1 aromatic rings. The summed E-state index contributed by atoms with van der Waals surface area (Å²) >= 11 is 3.38. The maximum absolute atomic E-state index is 10.7. The van der Waals surface area contributed by atoms with Crippen molar-refractivity contribution in [2.24, 2.45) is 0 Å². The molecule has 1 rings (SSSR count). The first kappa shape index (κ1) is 13.5. The highest BCUT2D eigenvalue weighted by atomic mass is 32.2. The molecule has 0 aliphatic heterocycles. The first-order valence-electron chi connectivity index (χ1n) is 5.33. The molecule has 0 aliphatic carbocycles. The molecule has 3 nitrogen and oxygen atoms in total. The number of rotatable bonds is 6. The van der Waals surface area contributed by atoms with Crippen molar-refractivity contribution < 1.29 is 9.90 Å². The van der Waals surface area contributed by atoms with Gasteiger partial charge >= 0.3 is 5.97 Å². The Balaban J connectivity index is 2.73. The lowest BCUT2D eigenvalue weighted by atomic mass is 10.2. The summed E-state index contributed by atoms with van der Waals surface area (Å²) in [7, 11) is 0. The van der Waals surface area contributed by atoms with E-state index in [2.05, 4.69) is 18.8 Å². The third-order valence-electron chi connectivity index (χ3n) is 2.01. The highest BCUT2D eigenvalue weighted by Crippen LogP contribution is 2.25. The maximum Gasteiger partial charge on any atom is 0.308 e. The molecular weight excluding hydrogens is 242 g/mol. The smallest absolute Gasteiger partial charge is 0.308 e. The van der Waals surface area contributed by atoms with Crippen molar-refractivity contribution in [2.45, 2.75) is 44.6 Å². The summed E-state index contributed by atoms with van der Waals surface area (Å²) in [6, 6.07) is 0. The molecule has 16 heavy (non-hydrogen) atoms. The van der Waals surface area contributed by atoms with Crippen molar-refractivity contribution in [1.82, 2.24) is 4.98 Å². The summed E-state index contributed by atoms with van der Waals surface area (Å²) in [6.07, 6.45) is 0.915. The number of carboxylic acids is 1. The van der Waals surface area contributed by atoms with Crippen molar-refractivity contribution >= 4 is 29.1 Å². The van der Waals surface area contributed by atoms with Crippen LogP contribution in [-0.2, 0) is 23.4 Å². The standard InChI is InChI=1S/C11H17NO2S2/c1-4-8-9(5-11(13)14)16-10(12-8)6-15-7(2)3/h7H,4-6H2,1-3H3,(H,13,14). The highest BCUT2D eigenvalue weighted by Gasteiger charge is 2.12. The van der Waals surface area contributed by atoms with Gasteiger partial charge in [-0.25, -0.2) is 4.98 Å². The zero-order chi connectivity index (χ0) is 12.1. The molecule has 0 atom stereocenters. The second kappa shape index (κ2) is 6.25. The van der Waals surface area contributed by atoms with Crippen LogP contribution in [-0.4, -0.2) is 21.3 Å². The molecule has 1 heterocycles. The second-order valence-corrected chi connectivity index (χ2v) is 6.49. The Bertz CT molecular complexity index is 361. The Morgan fingerprint density at radius 2 is 2.25 bits per heavy atom. The van der Waals surface area contributed by atoms with Crippen molar-refractivity contribution in [3.63, 3.8) is 0 Å². The van der Waals surface area contributed by atoms with Gasteiger partial charge in [0.15, 0.2) is 0 Å². The summed E-state index contributed by atoms with van der Waals surface area (Å²) in [4.78, 5) is 16.1. The Morgan fingerprint density at radius 3 is 2.75 bits per heavy atom. The average Bonchev–Trinajstić information content (AvgIpc) is 2.56. The molecule has 5 heteroatoms. The van der Waals surface area contributed by atoms with Crippen LogP contribution in [0.4, 0.5) is 0 Å². The highest BCUT2D eigenvalue weighted by molar-refractivity contribution is 7.99. The summed E-state index contributed by atoms with van der Waals surface area (Å²) in [6.45, 7) is 6.31. The van der Waals surface area contributed by atoms with Gasteiger partial charge in [-0.1, -0.05) is 20.8 Å². The lowest BCUT2D eigenvalue weighted by molar-refractivity contribution is -0.136. The van der Waals surface area contributed by atoms with Crippen LogP contribution in [0.2, 0.25) is 0 Å². The van der Waals surface area contributed by atoms with Gasteiger partial charge in [0.2, 0.25) is 0 Å². The fraction of sp³-hybridized carbons (Fsp3) is 0.636. The molecule has 0 fully saturated rings. The minimum Gasteiger partial charge on any atom is -0.481 e. The van der Waals surface area contributed by atoms with E-state index in [-0.39, 0.29) is 6.42 Å². The molecule has 0 amide bonds. The molecule has 0 radical (unpaired) electrons. The summed E-state index contributed by atoms with van der Waals surface area (Å²) in [5, 5.41) is 10.4. The second-order valence-electron chi connectivity index (χ2n) is 3.76. The normalized spacial score (nSPS) is 11.0. The molecule has 0 unspecified atom stereocenters. The third kappa shape index (κ3) is 4.14. The van der Waals surface area contributed by atoms with Gasteiger partial charge < -0.3 is 5.11 Å². The first-order chi connectivity index (χ1) is 7.52. The minimum absolute atomic E-state index is 0.104. The largest absolute Gasteiger partial charge is 0.481 e. The number of aryl methyl sites for hydroxylation is 1. The fourth-order valence-electron chi connectivity index (χ4n) is 1.29. The van der Waals surface area contributed by atoms with Crippen LogP contribution in [0.5, 0.6) is 0 Å². The van der Waals surface area contributed by atoms with E-state index in [0.29, 0.717) is 5.25 Å². The van der Waals surface area contributed by atoms with Crippen LogP contribution in [0, 0.1) is 0 Å².